The molecule has 0 fully saturated rings. The molecule has 0 spiro atoms. The second-order valence-electron chi connectivity index (χ2n) is 3.08. The smallest absolute Gasteiger partial charge is 0.116 e. The molecule has 4 nitrogen and oxygen atoms in total. The molecule has 0 atom stereocenters. The molecule has 0 amide bonds. The molecule has 0 bridgehead atoms. The van der Waals surface area contributed by atoms with E-state index in [1.54, 1.807) is 6.33 Å². The Morgan fingerprint density at radius 1 is 1.54 bits per heavy atom. The predicted molar refractivity (Wildman–Crippen MR) is 48.2 cm³/mol. The van der Waals surface area contributed by atoms with Crippen LogP contribution in [0, 0.1) is 0 Å². The van der Waals surface area contributed by atoms with Crippen molar-refractivity contribution in [2.75, 3.05) is 13.7 Å². The summed E-state index contributed by atoms with van der Waals surface area (Å²) in [6.07, 6.45) is 2.55. The molecule has 1 aliphatic rings. The monoisotopic (exact) mass is 179 g/mol. The lowest BCUT2D eigenvalue weighted by Crippen LogP contribution is -2.18. The quantitative estimate of drug-likeness (QED) is 0.708. The third-order valence-corrected chi connectivity index (χ3v) is 2.20. The Balaban J connectivity index is 2.34. The molecule has 0 aromatic carbocycles. The highest BCUT2D eigenvalue weighted by atomic mass is 16.5. The fourth-order valence-electron chi connectivity index (χ4n) is 1.54. The summed E-state index contributed by atoms with van der Waals surface area (Å²) in [7, 11) is 1.91. The van der Waals surface area contributed by atoms with Crippen molar-refractivity contribution in [2.24, 2.45) is 0 Å². The van der Waals surface area contributed by atoms with Gasteiger partial charge in [0.2, 0.25) is 0 Å². The lowest BCUT2D eigenvalue weighted by molar-refractivity contribution is 0.108. The Morgan fingerprint density at radius 2 is 2.46 bits per heavy atom. The fourth-order valence-corrected chi connectivity index (χ4v) is 1.54. The van der Waals surface area contributed by atoms with Gasteiger partial charge < -0.3 is 10.1 Å². The molecule has 0 aliphatic carbocycles. The van der Waals surface area contributed by atoms with E-state index in [-0.39, 0.29) is 0 Å². The SMILES string of the molecule is CNCc1ncnc2c1COCC2. The molecule has 2 heterocycles. The van der Waals surface area contributed by atoms with Crippen molar-refractivity contribution < 1.29 is 4.74 Å². The first kappa shape index (κ1) is 8.59. The maximum Gasteiger partial charge on any atom is 0.116 e. The van der Waals surface area contributed by atoms with Crippen molar-refractivity contribution in [3.8, 4) is 0 Å². The third kappa shape index (κ3) is 1.68. The molecule has 4 heteroatoms. The van der Waals surface area contributed by atoms with E-state index in [9.17, 15) is 0 Å². The first-order valence-electron chi connectivity index (χ1n) is 4.46. The summed E-state index contributed by atoms with van der Waals surface area (Å²) in [6, 6.07) is 0. The van der Waals surface area contributed by atoms with Crippen LogP contribution in [0.1, 0.15) is 17.0 Å². The zero-order valence-corrected chi connectivity index (χ0v) is 7.71. The van der Waals surface area contributed by atoms with Crippen LogP contribution in [0.5, 0.6) is 0 Å². The molecule has 0 saturated heterocycles. The lowest BCUT2D eigenvalue weighted by atomic mass is 10.1. The molecule has 2 rings (SSSR count). The van der Waals surface area contributed by atoms with Gasteiger partial charge in [0.1, 0.15) is 6.33 Å². The third-order valence-electron chi connectivity index (χ3n) is 2.20. The van der Waals surface area contributed by atoms with Crippen LogP contribution >= 0.6 is 0 Å². The zero-order chi connectivity index (χ0) is 9.10. The van der Waals surface area contributed by atoms with Gasteiger partial charge in [-0.15, -0.1) is 0 Å². The standard InChI is InChI=1S/C9H13N3O/c1-10-4-9-7-5-13-3-2-8(7)11-6-12-9/h6,10H,2-5H2,1H3. The van der Waals surface area contributed by atoms with Gasteiger partial charge in [0.25, 0.3) is 0 Å². The van der Waals surface area contributed by atoms with E-state index < -0.39 is 0 Å². The van der Waals surface area contributed by atoms with Crippen LogP contribution in [0.25, 0.3) is 0 Å². The van der Waals surface area contributed by atoms with Gasteiger partial charge >= 0.3 is 0 Å². The molecule has 1 aliphatic heterocycles. The zero-order valence-electron chi connectivity index (χ0n) is 7.71. The van der Waals surface area contributed by atoms with Gasteiger partial charge in [-0.05, 0) is 7.05 Å². The largest absolute Gasteiger partial charge is 0.376 e. The van der Waals surface area contributed by atoms with Crippen molar-refractivity contribution >= 4 is 0 Å². The summed E-state index contributed by atoms with van der Waals surface area (Å²) in [5.41, 5.74) is 3.38. The second kappa shape index (κ2) is 3.81. The maximum atomic E-state index is 5.38. The highest BCUT2D eigenvalue weighted by Gasteiger charge is 2.14. The number of hydrogen-bond donors (Lipinski definition) is 1. The summed E-state index contributed by atoms with van der Waals surface area (Å²) in [4.78, 5) is 8.47. The molecule has 1 aromatic heterocycles. The van der Waals surface area contributed by atoms with Crippen molar-refractivity contribution in [3.63, 3.8) is 0 Å². The Hall–Kier alpha value is -1.00. The van der Waals surface area contributed by atoms with Crippen LogP contribution in [-0.4, -0.2) is 23.6 Å². The van der Waals surface area contributed by atoms with Crippen LogP contribution < -0.4 is 5.32 Å². The lowest BCUT2D eigenvalue weighted by Gasteiger charge is -2.17. The van der Waals surface area contributed by atoms with E-state index in [2.05, 4.69) is 15.3 Å². The van der Waals surface area contributed by atoms with Gasteiger partial charge in [-0.2, -0.15) is 0 Å². The van der Waals surface area contributed by atoms with Gasteiger partial charge in [0.05, 0.1) is 24.6 Å². The molecular formula is C9H13N3O. The average Bonchev–Trinajstić information content (AvgIpc) is 2.19. The van der Waals surface area contributed by atoms with Crippen molar-refractivity contribution in [1.82, 2.24) is 15.3 Å². The number of nitrogens with zero attached hydrogens (tertiary/aromatic N) is 2. The van der Waals surface area contributed by atoms with Crippen LogP contribution in [0.3, 0.4) is 0 Å². The van der Waals surface area contributed by atoms with E-state index in [0.29, 0.717) is 6.61 Å². The van der Waals surface area contributed by atoms with Crippen molar-refractivity contribution in [3.05, 3.63) is 23.3 Å². The molecule has 0 unspecified atom stereocenters. The highest BCUT2D eigenvalue weighted by molar-refractivity contribution is 5.25. The van der Waals surface area contributed by atoms with Crippen LogP contribution in [0.15, 0.2) is 6.33 Å². The molecule has 1 N–H and O–H groups in total. The summed E-state index contributed by atoms with van der Waals surface area (Å²) in [5.74, 6) is 0. The van der Waals surface area contributed by atoms with Gasteiger partial charge in [0.15, 0.2) is 0 Å². The topological polar surface area (TPSA) is 47.0 Å². The number of rotatable bonds is 2. The van der Waals surface area contributed by atoms with E-state index in [4.69, 9.17) is 4.74 Å². The first-order chi connectivity index (χ1) is 6.42. The Labute approximate surface area is 77.4 Å². The molecule has 70 valence electrons. The molecular weight excluding hydrogens is 166 g/mol. The fraction of sp³-hybridized carbons (Fsp3) is 0.556. The number of fused-ring (bicyclic) bond motifs is 1. The van der Waals surface area contributed by atoms with Crippen molar-refractivity contribution in [1.29, 1.82) is 0 Å². The Kier molecular flexibility index (Phi) is 2.52. The van der Waals surface area contributed by atoms with Crippen LogP contribution in [0.2, 0.25) is 0 Å². The predicted octanol–water partition coefficient (Wildman–Crippen LogP) is 0.269. The van der Waals surface area contributed by atoms with E-state index in [1.807, 2.05) is 7.05 Å². The number of nitrogens with one attached hydrogen (secondary N) is 1. The summed E-state index contributed by atoms with van der Waals surface area (Å²) >= 11 is 0. The Morgan fingerprint density at radius 3 is 3.31 bits per heavy atom. The van der Waals surface area contributed by atoms with Gasteiger partial charge in [-0.1, -0.05) is 0 Å². The average molecular weight is 179 g/mol. The summed E-state index contributed by atoms with van der Waals surface area (Å²) < 4.78 is 5.38. The second-order valence-corrected chi connectivity index (χ2v) is 3.08. The van der Waals surface area contributed by atoms with Crippen molar-refractivity contribution in [2.45, 2.75) is 19.6 Å². The minimum Gasteiger partial charge on any atom is -0.376 e. The van der Waals surface area contributed by atoms with Gasteiger partial charge in [-0.3, -0.25) is 0 Å². The van der Waals surface area contributed by atoms with Gasteiger partial charge in [0, 0.05) is 18.5 Å². The summed E-state index contributed by atoms with van der Waals surface area (Å²) in [5, 5.41) is 3.09. The normalized spacial score (nSPS) is 15.5. The minimum absolute atomic E-state index is 0.660. The minimum atomic E-state index is 0.660. The molecule has 0 saturated carbocycles. The van der Waals surface area contributed by atoms with Crippen LogP contribution in [0.4, 0.5) is 0 Å². The number of aromatic nitrogens is 2. The van der Waals surface area contributed by atoms with Crippen LogP contribution in [-0.2, 0) is 24.3 Å². The van der Waals surface area contributed by atoms with Gasteiger partial charge in [-0.25, -0.2) is 9.97 Å². The highest BCUT2D eigenvalue weighted by Crippen LogP contribution is 2.16. The molecule has 13 heavy (non-hydrogen) atoms. The first-order valence-corrected chi connectivity index (χ1v) is 4.46. The number of hydrogen-bond acceptors (Lipinski definition) is 4. The maximum absolute atomic E-state index is 5.38. The molecule has 1 aromatic rings. The summed E-state index contributed by atoms with van der Waals surface area (Å²) in [6.45, 7) is 2.23. The van der Waals surface area contributed by atoms with E-state index in [0.717, 1.165) is 31.0 Å². The number of ether oxygens (including phenoxy) is 1. The van der Waals surface area contributed by atoms with E-state index in [1.165, 1.54) is 5.56 Å². The van der Waals surface area contributed by atoms with E-state index >= 15 is 0 Å². The molecule has 0 radical (unpaired) electrons. The Bertz CT molecular complexity index is 301.